The first-order chi connectivity index (χ1) is 1.00. The Labute approximate surface area is 59.1 Å². The van der Waals surface area contributed by atoms with E-state index in [9.17, 15) is 0 Å². The quantitative estimate of drug-likeness (QED) is 0.329. The molecule has 0 aromatic carbocycles. The normalized spacial score (nSPS) is 1.50. The van der Waals surface area contributed by atoms with Crippen LogP contribution in [-0.2, 0) is 32.6 Å². The van der Waals surface area contributed by atoms with Gasteiger partial charge < -0.3 is 0 Å². The van der Waals surface area contributed by atoms with Crippen LogP contribution in [0.5, 0.6) is 0 Å². The van der Waals surface area contributed by atoms with Crippen LogP contribution >= 0.6 is 7.93 Å². The van der Waals surface area contributed by atoms with E-state index in [1.54, 1.807) is 0 Å². The molecule has 0 N–H and O–H groups in total. The van der Waals surface area contributed by atoms with E-state index in [2.05, 4.69) is 23.5 Å². The van der Waals surface area contributed by atoms with E-state index >= 15 is 0 Å². The zero-order valence-corrected chi connectivity index (χ0v) is 4.75. The van der Waals surface area contributed by atoms with Crippen LogP contribution in [0.3, 0.4) is 0 Å². The molecule has 1 atom stereocenters. The SMILES string of the molecule is [Fe].[LiH].[PH2][Mn]. The summed E-state index contributed by atoms with van der Waals surface area (Å²) in [4.78, 5) is 0. The molecule has 0 fully saturated rings. The summed E-state index contributed by atoms with van der Waals surface area (Å²) in [6.07, 6.45) is 0. The zero-order chi connectivity index (χ0) is 2.00. The van der Waals surface area contributed by atoms with E-state index in [4.69, 9.17) is 0 Å². The molecule has 24 valence electrons. The Bertz CT molecular complexity index is 8.00. The minimum atomic E-state index is 0. The molecule has 0 aliphatic rings. The summed E-state index contributed by atoms with van der Waals surface area (Å²) in [5, 5.41) is 0. The van der Waals surface area contributed by atoms with Gasteiger partial charge in [0.25, 0.3) is 0 Å². The van der Waals surface area contributed by atoms with Gasteiger partial charge in [-0.3, -0.25) is 0 Å². The predicted octanol–water partition coefficient (Wildman–Crippen LogP) is -0.328. The van der Waals surface area contributed by atoms with Crippen LogP contribution < -0.4 is 0 Å². The summed E-state index contributed by atoms with van der Waals surface area (Å²) in [6.45, 7) is 0. The van der Waals surface area contributed by atoms with Gasteiger partial charge in [0.05, 0.1) is 0 Å². The number of rotatable bonds is 0. The first-order valence-electron chi connectivity index (χ1n) is 0.218. The van der Waals surface area contributed by atoms with E-state index < -0.39 is 0 Å². The molecule has 0 saturated carbocycles. The van der Waals surface area contributed by atoms with Gasteiger partial charge in [-0.15, -0.1) is 0 Å². The summed E-state index contributed by atoms with van der Waals surface area (Å²) >= 11 is 2.85. The number of hydrogen-bond acceptors (Lipinski definition) is 0. The molecule has 0 aliphatic carbocycles. The third-order valence-corrected chi connectivity index (χ3v) is 0. The van der Waals surface area contributed by atoms with Crippen molar-refractivity contribution in [1.82, 2.24) is 0 Å². The second kappa shape index (κ2) is 19.6. The molecular formula is H3FeLiMnP. The standard InChI is InChI=1S/Fe.Li.Mn.H2P.H/h;;;1H2;/q;;+1;-1;. The second-order valence-corrected chi connectivity index (χ2v) is 0. The minimum absolute atomic E-state index is 0. The van der Waals surface area contributed by atoms with Crippen LogP contribution in [0.4, 0.5) is 0 Å². The van der Waals surface area contributed by atoms with Crippen molar-refractivity contribution >= 4 is 26.8 Å². The Hall–Kier alpha value is 2.07. The molecule has 0 aliphatic heterocycles. The Kier molecular flexibility index (Phi) is 81.2. The van der Waals surface area contributed by atoms with E-state index in [1.807, 2.05) is 0 Å². The topological polar surface area (TPSA) is 0 Å². The van der Waals surface area contributed by atoms with Gasteiger partial charge in [-0.05, 0) is 0 Å². The van der Waals surface area contributed by atoms with Crippen molar-refractivity contribution in [3.05, 3.63) is 0 Å². The third kappa shape index (κ3) is 8.95. The Morgan fingerprint density at radius 3 is 1.25 bits per heavy atom. The van der Waals surface area contributed by atoms with Crippen molar-refractivity contribution in [3.8, 4) is 0 Å². The van der Waals surface area contributed by atoms with Gasteiger partial charge in [0.2, 0.25) is 0 Å². The molecule has 0 saturated heterocycles. The molecule has 0 amide bonds. The summed E-state index contributed by atoms with van der Waals surface area (Å²) in [5.74, 6) is 0. The molecule has 0 nitrogen and oxygen atoms in total. The van der Waals surface area contributed by atoms with Crippen molar-refractivity contribution in [3.63, 3.8) is 0 Å². The molecule has 0 heterocycles. The average molecular weight is 152 g/mol. The maximum absolute atomic E-state index is 2.85. The fourth-order valence-corrected chi connectivity index (χ4v) is 0. The summed E-state index contributed by atoms with van der Waals surface area (Å²) in [5.41, 5.74) is 0. The van der Waals surface area contributed by atoms with Crippen molar-refractivity contribution in [2.75, 3.05) is 0 Å². The predicted molar refractivity (Wildman–Crippen MR) is 16.9 cm³/mol. The number of hydrogen-bond donors (Lipinski definition) is 0. The fourth-order valence-electron chi connectivity index (χ4n) is 0. The summed E-state index contributed by atoms with van der Waals surface area (Å²) in [7, 11) is 2.23. The van der Waals surface area contributed by atoms with Crippen LogP contribution in [-0.4, -0.2) is 18.9 Å². The molecule has 0 radical (unpaired) electrons. The average Bonchev–Trinajstić information content (AvgIpc) is 1.00. The van der Waals surface area contributed by atoms with Gasteiger partial charge in [0.15, 0.2) is 0 Å². The molecule has 4 heavy (non-hydrogen) atoms. The van der Waals surface area contributed by atoms with Gasteiger partial charge >= 0.3 is 42.4 Å². The first kappa shape index (κ1) is 16.6. The molecule has 0 rings (SSSR count). The molecule has 4 heteroatoms. The van der Waals surface area contributed by atoms with Crippen molar-refractivity contribution < 1.29 is 32.6 Å². The van der Waals surface area contributed by atoms with Gasteiger partial charge in [-0.25, -0.2) is 0 Å². The van der Waals surface area contributed by atoms with Gasteiger partial charge in [-0.1, -0.05) is 0 Å². The summed E-state index contributed by atoms with van der Waals surface area (Å²) in [6, 6.07) is 0. The van der Waals surface area contributed by atoms with E-state index in [0.717, 1.165) is 0 Å². The molecule has 1 unspecified atom stereocenters. The monoisotopic (exact) mass is 152 g/mol. The van der Waals surface area contributed by atoms with E-state index in [0.29, 0.717) is 0 Å². The van der Waals surface area contributed by atoms with Crippen LogP contribution in [0.2, 0.25) is 0 Å². The third-order valence-electron chi connectivity index (χ3n) is 0. The first-order valence-corrected chi connectivity index (χ1v) is 2.70. The molecule has 0 aromatic rings. The van der Waals surface area contributed by atoms with Crippen LogP contribution in [0, 0.1) is 0 Å². The van der Waals surface area contributed by atoms with Gasteiger partial charge in [0.1, 0.15) is 0 Å². The Morgan fingerprint density at radius 1 is 1.25 bits per heavy atom. The van der Waals surface area contributed by atoms with E-state index in [-0.39, 0.29) is 35.9 Å². The maximum atomic E-state index is 2.85. The van der Waals surface area contributed by atoms with Crippen LogP contribution in [0.25, 0.3) is 0 Å². The summed E-state index contributed by atoms with van der Waals surface area (Å²) < 4.78 is 0. The second-order valence-electron chi connectivity index (χ2n) is 0. The van der Waals surface area contributed by atoms with Crippen molar-refractivity contribution in [2.24, 2.45) is 0 Å². The Morgan fingerprint density at radius 2 is 1.25 bits per heavy atom. The van der Waals surface area contributed by atoms with Crippen LogP contribution in [0.1, 0.15) is 0 Å². The van der Waals surface area contributed by atoms with Crippen molar-refractivity contribution in [2.45, 2.75) is 0 Å². The van der Waals surface area contributed by atoms with Gasteiger partial charge in [0, 0.05) is 17.1 Å². The Balaban J connectivity index is -0.00000000500. The molecule has 0 spiro atoms. The van der Waals surface area contributed by atoms with Crippen LogP contribution in [0.15, 0.2) is 0 Å². The zero-order valence-electron chi connectivity index (χ0n) is 1.31. The molecule has 0 aromatic heterocycles. The van der Waals surface area contributed by atoms with E-state index in [1.165, 1.54) is 0 Å². The fraction of sp³-hybridized carbons (Fsp3) is 0. The molecule has 0 bridgehead atoms. The van der Waals surface area contributed by atoms with Crippen molar-refractivity contribution in [1.29, 1.82) is 0 Å². The van der Waals surface area contributed by atoms with Gasteiger partial charge in [-0.2, -0.15) is 0 Å². The molecular weight excluding hydrogens is 149 g/mol.